The molecule has 0 aliphatic carbocycles. The molecule has 1 N–H and O–H groups in total. The van der Waals surface area contributed by atoms with Gasteiger partial charge in [0, 0.05) is 13.1 Å². The van der Waals surface area contributed by atoms with Gasteiger partial charge in [0.25, 0.3) is 0 Å². The fraction of sp³-hybridized carbons (Fsp3) is 1.00. The zero-order valence-electron chi connectivity index (χ0n) is 11.5. The quantitative estimate of drug-likeness (QED) is 0.751. The van der Waals surface area contributed by atoms with Crippen LogP contribution in [0, 0.1) is 5.92 Å². The summed E-state index contributed by atoms with van der Waals surface area (Å²) in [4.78, 5) is 0. The molecule has 0 spiro atoms. The molecule has 0 aromatic rings. The minimum atomic E-state index is -3.21. The van der Waals surface area contributed by atoms with E-state index in [9.17, 15) is 8.42 Å². The lowest BCUT2D eigenvalue weighted by Crippen LogP contribution is -2.45. The van der Waals surface area contributed by atoms with Crippen LogP contribution in [-0.4, -0.2) is 71.1 Å². The van der Waals surface area contributed by atoms with Gasteiger partial charge in [-0.05, 0) is 32.4 Å². The number of rotatable bonds is 5. The van der Waals surface area contributed by atoms with Gasteiger partial charge < -0.3 is 14.8 Å². The molecular weight excluding hydrogens is 268 g/mol. The third kappa shape index (κ3) is 4.39. The van der Waals surface area contributed by atoms with Crippen LogP contribution < -0.4 is 5.32 Å². The Morgan fingerprint density at radius 1 is 1.26 bits per heavy atom. The molecule has 1 unspecified atom stereocenters. The van der Waals surface area contributed by atoms with Crippen LogP contribution in [0.15, 0.2) is 0 Å². The highest BCUT2D eigenvalue weighted by Gasteiger charge is 2.31. The fourth-order valence-corrected chi connectivity index (χ4v) is 4.29. The monoisotopic (exact) mass is 292 g/mol. The number of nitrogens with one attached hydrogen (secondary N) is 1. The first kappa shape index (κ1) is 15.2. The van der Waals surface area contributed by atoms with E-state index in [2.05, 4.69) is 5.32 Å². The first-order valence-corrected chi connectivity index (χ1v) is 8.54. The van der Waals surface area contributed by atoms with E-state index < -0.39 is 10.0 Å². The maximum Gasteiger partial charge on any atom is 0.216 e. The number of ether oxygens (including phenoxy) is 2. The van der Waals surface area contributed by atoms with Crippen LogP contribution >= 0.6 is 0 Å². The first-order chi connectivity index (χ1) is 9.12. The Morgan fingerprint density at radius 3 is 2.58 bits per heavy atom. The lowest BCUT2D eigenvalue weighted by Gasteiger charge is -2.32. The Hall–Kier alpha value is -0.210. The highest BCUT2D eigenvalue weighted by atomic mass is 32.2. The van der Waals surface area contributed by atoms with Crippen molar-refractivity contribution in [2.75, 3.05) is 52.3 Å². The number of hydrogen-bond acceptors (Lipinski definition) is 5. The van der Waals surface area contributed by atoms with Crippen LogP contribution in [0.1, 0.15) is 12.8 Å². The minimum absolute atomic E-state index is 0.0453. The molecule has 0 radical (unpaired) electrons. The average Bonchev–Trinajstić information content (AvgIpc) is 2.40. The molecule has 0 aromatic heterocycles. The Balaban J connectivity index is 1.83. The molecule has 2 heterocycles. The second kappa shape index (κ2) is 6.99. The van der Waals surface area contributed by atoms with E-state index >= 15 is 0 Å². The molecule has 0 amide bonds. The number of hydrogen-bond donors (Lipinski definition) is 1. The molecule has 112 valence electrons. The van der Waals surface area contributed by atoms with Crippen LogP contribution in [0.2, 0.25) is 0 Å². The average molecular weight is 292 g/mol. The Labute approximate surface area is 115 Å². The van der Waals surface area contributed by atoms with Crippen molar-refractivity contribution in [1.82, 2.24) is 9.62 Å². The van der Waals surface area contributed by atoms with Crippen LogP contribution in [0.4, 0.5) is 0 Å². The van der Waals surface area contributed by atoms with E-state index in [1.807, 2.05) is 7.05 Å². The zero-order valence-corrected chi connectivity index (χ0v) is 12.3. The van der Waals surface area contributed by atoms with Gasteiger partial charge in [-0.3, -0.25) is 0 Å². The predicted octanol–water partition coefficient (Wildman–Crippen LogP) is -0.337. The van der Waals surface area contributed by atoms with Crippen molar-refractivity contribution in [3.8, 4) is 0 Å². The third-order valence-corrected chi connectivity index (χ3v) is 5.69. The Kier molecular flexibility index (Phi) is 5.58. The summed E-state index contributed by atoms with van der Waals surface area (Å²) >= 11 is 0. The highest BCUT2D eigenvalue weighted by Crippen LogP contribution is 2.20. The summed E-state index contributed by atoms with van der Waals surface area (Å²) in [6, 6.07) is 0. The fourth-order valence-electron chi connectivity index (χ4n) is 2.65. The molecular formula is C12H24N2O4S. The molecule has 2 fully saturated rings. The molecule has 2 aliphatic rings. The van der Waals surface area contributed by atoms with Gasteiger partial charge in [0.05, 0.1) is 31.7 Å². The normalized spacial score (nSPS) is 27.5. The second-order valence-electron chi connectivity index (χ2n) is 5.25. The van der Waals surface area contributed by atoms with Crippen molar-refractivity contribution >= 4 is 10.0 Å². The molecule has 2 rings (SSSR count). The maximum atomic E-state index is 12.3. The summed E-state index contributed by atoms with van der Waals surface area (Å²) in [7, 11) is -1.28. The molecule has 7 heteroatoms. The van der Waals surface area contributed by atoms with Crippen LogP contribution in [0.5, 0.6) is 0 Å². The summed E-state index contributed by atoms with van der Waals surface area (Å²) in [5.74, 6) is 0.634. The maximum absolute atomic E-state index is 12.3. The molecule has 19 heavy (non-hydrogen) atoms. The van der Waals surface area contributed by atoms with Gasteiger partial charge in [-0.15, -0.1) is 0 Å². The van der Waals surface area contributed by atoms with Crippen molar-refractivity contribution in [2.45, 2.75) is 18.9 Å². The van der Waals surface area contributed by atoms with Gasteiger partial charge in [0.2, 0.25) is 10.0 Å². The molecule has 2 saturated heterocycles. The van der Waals surface area contributed by atoms with Gasteiger partial charge in [0.1, 0.15) is 0 Å². The number of nitrogens with zero attached hydrogens (tertiary/aromatic N) is 1. The molecule has 0 aromatic carbocycles. The van der Waals surface area contributed by atoms with E-state index in [0.717, 1.165) is 19.4 Å². The number of piperidine rings is 1. The van der Waals surface area contributed by atoms with Crippen LogP contribution in [0.3, 0.4) is 0 Å². The smallest absolute Gasteiger partial charge is 0.216 e. The third-order valence-electron chi connectivity index (χ3n) is 3.74. The van der Waals surface area contributed by atoms with Gasteiger partial charge in [-0.2, -0.15) is 0 Å². The molecule has 0 bridgehead atoms. The summed E-state index contributed by atoms with van der Waals surface area (Å²) in [5, 5.41) is 3.15. The minimum Gasteiger partial charge on any atom is -0.376 e. The highest BCUT2D eigenvalue weighted by molar-refractivity contribution is 7.89. The van der Waals surface area contributed by atoms with Crippen LogP contribution in [-0.2, 0) is 19.5 Å². The Morgan fingerprint density at radius 2 is 2.00 bits per heavy atom. The van der Waals surface area contributed by atoms with Crippen molar-refractivity contribution in [3.05, 3.63) is 0 Å². The van der Waals surface area contributed by atoms with Gasteiger partial charge in [-0.25, -0.2) is 12.7 Å². The second-order valence-corrected chi connectivity index (χ2v) is 7.26. The van der Waals surface area contributed by atoms with E-state index in [1.54, 1.807) is 4.31 Å². The van der Waals surface area contributed by atoms with Crippen molar-refractivity contribution < 1.29 is 17.9 Å². The number of sulfonamides is 1. The molecule has 6 nitrogen and oxygen atoms in total. The van der Waals surface area contributed by atoms with Crippen molar-refractivity contribution in [1.29, 1.82) is 0 Å². The van der Waals surface area contributed by atoms with Crippen LogP contribution in [0.25, 0.3) is 0 Å². The zero-order chi connectivity index (χ0) is 13.7. The van der Waals surface area contributed by atoms with E-state index in [1.165, 1.54) is 0 Å². The largest absolute Gasteiger partial charge is 0.376 e. The molecule has 2 aliphatic heterocycles. The predicted molar refractivity (Wildman–Crippen MR) is 72.6 cm³/mol. The first-order valence-electron chi connectivity index (χ1n) is 6.93. The molecule has 1 atom stereocenters. The van der Waals surface area contributed by atoms with E-state index in [-0.39, 0.29) is 11.9 Å². The summed E-state index contributed by atoms with van der Waals surface area (Å²) in [5.41, 5.74) is 0. The van der Waals surface area contributed by atoms with E-state index in [4.69, 9.17) is 9.47 Å². The molecule has 0 saturated carbocycles. The summed E-state index contributed by atoms with van der Waals surface area (Å²) in [6.07, 6.45) is 1.55. The van der Waals surface area contributed by atoms with Gasteiger partial charge in [-0.1, -0.05) is 0 Å². The summed E-state index contributed by atoms with van der Waals surface area (Å²) in [6.45, 7) is 3.66. The van der Waals surface area contributed by atoms with Crippen molar-refractivity contribution in [3.63, 3.8) is 0 Å². The van der Waals surface area contributed by atoms with Gasteiger partial charge in [0.15, 0.2) is 0 Å². The standard InChI is InChI=1S/C12H24N2O4S/c1-13-8-11-2-4-14(5-3-11)19(15,16)10-12-9-17-6-7-18-12/h11-13H,2-10H2,1H3. The Bertz CT molecular complexity index is 360. The topological polar surface area (TPSA) is 67.9 Å². The van der Waals surface area contributed by atoms with Gasteiger partial charge >= 0.3 is 0 Å². The SMILES string of the molecule is CNCC1CCN(S(=O)(=O)CC2COCCO2)CC1. The lowest BCUT2D eigenvalue weighted by molar-refractivity contribution is -0.0785. The van der Waals surface area contributed by atoms with Crippen molar-refractivity contribution in [2.24, 2.45) is 5.92 Å². The summed E-state index contributed by atoms with van der Waals surface area (Å²) < 4.78 is 36.9. The lowest BCUT2D eigenvalue weighted by atomic mass is 9.98. The van der Waals surface area contributed by atoms with E-state index in [0.29, 0.717) is 38.8 Å².